The molecule has 0 saturated carbocycles. The van der Waals surface area contributed by atoms with Crippen LogP contribution in [0.1, 0.15) is 20.8 Å². The van der Waals surface area contributed by atoms with Gasteiger partial charge in [-0.2, -0.15) is 5.01 Å². The molecule has 0 bridgehead atoms. The molecule has 1 fully saturated rings. The monoisotopic (exact) mass is 642 g/mol. The fourth-order valence-electron chi connectivity index (χ4n) is 2.82. The molecule has 2 amide bonds. The predicted octanol–water partition coefficient (Wildman–Crippen LogP) is 7.05. The summed E-state index contributed by atoms with van der Waals surface area (Å²) in [5.41, 5.74) is 4.31. The van der Waals surface area contributed by atoms with Crippen LogP contribution in [0.15, 0.2) is 67.8 Å². The first kappa shape index (κ1) is 24.4. The quantitative estimate of drug-likeness (QED) is 0.230. The zero-order valence-electron chi connectivity index (χ0n) is 16.5. The van der Waals surface area contributed by atoms with Gasteiger partial charge in [0.2, 0.25) is 0 Å². The fraction of sp³-hybridized carbons (Fsp3) is 0.0455. The summed E-state index contributed by atoms with van der Waals surface area (Å²) in [6.07, 6.45) is 1.72. The van der Waals surface area contributed by atoms with E-state index in [0.717, 1.165) is 36.8 Å². The first-order chi connectivity index (χ1) is 15.8. The Morgan fingerprint density at radius 3 is 2.52 bits per heavy atom. The van der Waals surface area contributed by atoms with Crippen LogP contribution in [-0.2, 0) is 11.4 Å². The molecule has 11 heteroatoms. The number of nitrogens with one attached hydrogen (secondary N) is 1. The van der Waals surface area contributed by atoms with Gasteiger partial charge in [-0.3, -0.25) is 15.0 Å². The lowest BCUT2D eigenvalue weighted by Gasteiger charge is -2.14. The summed E-state index contributed by atoms with van der Waals surface area (Å²) in [6, 6.07) is 14.6. The summed E-state index contributed by atoms with van der Waals surface area (Å²) in [5, 5.41) is 3.56. The van der Waals surface area contributed by atoms with E-state index in [1.165, 1.54) is 11.3 Å². The van der Waals surface area contributed by atoms with Crippen LogP contribution in [0.3, 0.4) is 0 Å². The second kappa shape index (κ2) is 10.7. The Balaban J connectivity index is 1.48. The van der Waals surface area contributed by atoms with E-state index in [0.29, 0.717) is 27.2 Å². The Morgan fingerprint density at radius 2 is 1.88 bits per heavy atom. The Hall–Kier alpha value is -1.69. The van der Waals surface area contributed by atoms with Crippen LogP contribution in [0, 0.1) is 0 Å². The third kappa shape index (κ3) is 5.87. The number of hydrogen-bond donors (Lipinski definition) is 1. The minimum Gasteiger partial charge on any atom is -0.487 e. The van der Waals surface area contributed by atoms with Gasteiger partial charge in [0.25, 0.3) is 11.8 Å². The first-order valence-corrected chi connectivity index (χ1v) is 13.4. The third-order valence-corrected chi connectivity index (χ3v) is 7.97. The predicted molar refractivity (Wildman–Crippen MR) is 144 cm³/mol. The third-order valence-electron chi connectivity index (χ3n) is 4.37. The van der Waals surface area contributed by atoms with E-state index in [9.17, 15) is 9.59 Å². The number of carbonyl (C=O) groups excluding carboxylic acids is 2. The molecule has 2 heterocycles. The second-order valence-electron chi connectivity index (χ2n) is 6.66. The first-order valence-electron chi connectivity index (χ1n) is 9.30. The van der Waals surface area contributed by atoms with Gasteiger partial charge in [-0.25, -0.2) is 0 Å². The maximum absolute atomic E-state index is 12.8. The van der Waals surface area contributed by atoms with Crippen molar-refractivity contribution in [2.24, 2.45) is 0 Å². The van der Waals surface area contributed by atoms with Gasteiger partial charge in [-0.15, -0.1) is 11.3 Å². The van der Waals surface area contributed by atoms with Gasteiger partial charge in [-0.05, 0) is 97.0 Å². The van der Waals surface area contributed by atoms with Gasteiger partial charge in [0.15, 0.2) is 4.32 Å². The van der Waals surface area contributed by atoms with E-state index >= 15 is 0 Å². The number of thiocarbonyl (C=S) groups is 1. The number of rotatable bonds is 6. The summed E-state index contributed by atoms with van der Waals surface area (Å²) >= 11 is 20.7. The number of carbonyl (C=O) groups is 2. The topological polar surface area (TPSA) is 58.6 Å². The SMILES string of the molecule is O=C(NN1C(=O)/C(=C\c2cc(Br)c(OCc3ccc(Cl)cc3)c(Br)c2)SC1=S)c1cccs1. The number of nitrogens with zero attached hydrogens (tertiary/aromatic N) is 1. The Kier molecular flexibility index (Phi) is 7.93. The van der Waals surface area contributed by atoms with Crippen LogP contribution in [0.5, 0.6) is 5.75 Å². The molecule has 0 atom stereocenters. The van der Waals surface area contributed by atoms with Crippen LogP contribution in [0.25, 0.3) is 6.08 Å². The summed E-state index contributed by atoms with van der Waals surface area (Å²) in [5.74, 6) is -0.127. The highest BCUT2D eigenvalue weighted by molar-refractivity contribution is 9.11. The van der Waals surface area contributed by atoms with Crippen LogP contribution >= 0.6 is 78.8 Å². The van der Waals surface area contributed by atoms with Gasteiger partial charge in [0.05, 0.1) is 18.7 Å². The molecule has 1 saturated heterocycles. The van der Waals surface area contributed by atoms with Gasteiger partial charge >= 0.3 is 0 Å². The van der Waals surface area contributed by atoms with E-state index in [2.05, 4.69) is 37.3 Å². The maximum atomic E-state index is 12.8. The van der Waals surface area contributed by atoms with Gasteiger partial charge in [0, 0.05) is 5.02 Å². The van der Waals surface area contributed by atoms with Gasteiger partial charge in [-0.1, -0.05) is 41.6 Å². The molecule has 1 aliphatic heterocycles. The van der Waals surface area contributed by atoms with E-state index in [1.807, 2.05) is 36.4 Å². The number of ether oxygens (including phenoxy) is 1. The lowest BCUT2D eigenvalue weighted by Crippen LogP contribution is -2.44. The molecule has 33 heavy (non-hydrogen) atoms. The molecule has 0 aliphatic carbocycles. The molecule has 1 aliphatic rings. The molecular weight excluding hydrogens is 632 g/mol. The average molecular weight is 645 g/mol. The Bertz CT molecular complexity index is 1240. The Labute approximate surface area is 225 Å². The van der Waals surface area contributed by atoms with Crippen molar-refractivity contribution in [3.63, 3.8) is 0 Å². The van der Waals surface area contributed by atoms with E-state index < -0.39 is 0 Å². The van der Waals surface area contributed by atoms with Crippen molar-refractivity contribution in [2.75, 3.05) is 0 Å². The van der Waals surface area contributed by atoms with Crippen LogP contribution in [0.4, 0.5) is 0 Å². The summed E-state index contributed by atoms with van der Waals surface area (Å²) in [6.45, 7) is 0.371. The van der Waals surface area contributed by atoms with Crippen LogP contribution < -0.4 is 10.2 Å². The number of hydrogen-bond acceptors (Lipinski definition) is 6. The summed E-state index contributed by atoms with van der Waals surface area (Å²) < 4.78 is 7.65. The number of amides is 2. The van der Waals surface area contributed by atoms with Crippen molar-refractivity contribution >= 4 is 101 Å². The number of thioether (sulfide) groups is 1. The lowest BCUT2D eigenvalue weighted by molar-refractivity contribution is -0.123. The van der Waals surface area contributed by atoms with Crippen LogP contribution in [0.2, 0.25) is 5.02 Å². The molecule has 1 aromatic heterocycles. The van der Waals surface area contributed by atoms with Crippen molar-refractivity contribution in [3.8, 4) is 5.75 Å². The molecule has 3 aromatic rings. The van der Waals surface area contributed by atoms with Gasteiger partial charge < -0.3 is 4.74 Å². The zero-order chi connectivity index (χ0) is 23.5. The molecule has 0 spiro atoms. The largest absolute Gasteiger partial charge is 0.487 e. The lowest BCUT2D eigenvalue weighted by atomic mass is 10.2. The van der Waals surface area contributed by atoms with Crippen LogP contribution in [-0.4, -0.2) is 21.1 Å². The number of hydrazine groups is 1. The average Bonchev–Trinajstić information content (AvgIpc) is 3.39. The highest BCUT2D eigenvalue weighted by atomic mass is 79.9. The normalized spacial score (nSPS) is 14.8. The minimum atomic E-state index is -0.384. The van der Waals surface area contributed by atoms with Crippen molar-refractivity contribution in [1.29, 1.82) is 0 Å². The highest BCUT2D eigenvalue weighted by Crippen LogP contribution is 2.38. The molecule has 2 aromatic carbocycles. The molecule has 1 N–H and O–H groups in total. The fourth-order valence-corrected chi connectivity index (χ4v) is 6.19. The molecule has 5 nitrogen and oxygen atoms in total. The standard InChI is InChI=1S/C22H13Br2ClN2O3S3/c23-15-8-13(9-16(24)19(15)30-11-12-3-5-14(25)6-4-12)10-18-21(29)27(22(31)33-18)26-20(28)17-2-1-7-32-17/h1-10H,11H2,(H,26,28)/b18-10+. The van der Waals surface area contributed by atoms with Crippen molar-refractivity contribution in [2.45, 2.75) is 6.61 Å². The molecule has 168 valence electrons. The maximum Gasteiger partial charge on any atom is 0.285 e. The minimum absolute atomic E-state index is 0.261. The molecule has 4 rings (SSSR count). The van der Waals surface area contributed by atoms with Crippen molar-refractivity contribution in [1.82, 2.24) is 10.4 Å². The number of benzene rings is 2. The van der Waals surface area contributed by atoms with E-state index in [1.54, 1.807) is 23.6 Å². The zero-order valence-corrected chi connectivity index (χ0v) is 22.9. The highest BCUT2D eigenvalue weighted by Gasteiger charge is 2.34. The summed E-state index contributed by atoms with van der Waals surface area (Å²) in [4.78, 5) is 26.0. The Morgan fingerprint density at radius 1 is 1.18 bits per heavy atom. The van der Waals surface area contributed by atoms with Crippen molar-refractivity contribution in [3.05, 3.63) is 88.8 Å². The molecule has 0 radical (unpaired) electrons. The number of halogens is 3. The summed E-state index contributed by atoms with van der Waals surface area (Å²) in [7, 11) is 0. The van der Waals surface area contributed by atoms with E-state index in [4.69, 9.17) is 28.6 Å². The smallest absolute Gasteiger partial charge is 0.285 e. The van der Waals surface area contributed by atoms with Gasteiger partial charge in [0.1, 0.15) is 12.4 Å². The van der Waals surface area contributed by atoms with E-state index in [-0.39, 0.29) is 16.1 Å². The van der Waals surface area contributed by atoms with Crippen molar-refractivity contribution < 1.29 is 14.3 Å². The molecular formula is C22H13Br2ClN2O3S3. The molecule has 0 unspecified atom stereocenters. The second-order valence-corrected chi connectivity index (χ2v) is 11.4. The number of thiophene rings is 1.